The summed E-state index contributed by atoms with van der Waals surface area (Å²) in [6.45, 7) is 4.02. The SMILES string of the molecule is C=CCOc1cccc(C2c3c(oc4ccccc4c3=O)C(=O)N2c2nc3ccc(Cl)cc3s2)c1. The number of nitrogens with zero attached hydrogens (tertiary/aromatic N) is 2. The maximum Gasteiger partial charge on any atom is 0.297 e. The molecule has 3 aromatic carbocycles. The van der Waals surface area contributed by atoms with Gasteiger partial charge in [0.25, 0.3) is 5.91 Å². The van der Waals surface area contributed by atoms with Crippen molar-refractivity contribution < 1.29 is 13.9 Å². The van der Waals surface area contributed by atoms with E-state index in [1.807, 2.05) is 36.4 Å². The molecule has 1 aliphatic rings. The van der Waals surface area contributed by atoms with Crippen LogP contribution in [0.3, 0.4) is 0 Å². The summed E-state index contributed by atoms with van der Waals surface area (Å²) in [7, 11) is 0. The van der Waals surface area contributed by atoms with E-state index in [0.717, 1.165) is 4.70 Å². The minimum Gasteiger partial charge on any atom is -0.490 e. The number of aromatic nitrogens is 1. The van der Waals surface area contributed by atoms with Crippen LogP contribution in [0.5, 0.6) is 5.75 Å². The lowest BCUT2D eigenvalue weighted by Crippen LogP contribution is -2.29. The number of carbonyl (C=O) groups excluding carboxylic acids is 1. The highest BCUT2D eigenvalue weighted by atomic mass is 35.5. The molecule has 172 valence electrons. The molecule has 0 spiro atoms. The Hall–Kier alpha value is -3.94. The first-order chi connectivity index (χ1) is 17.0. The van der Waals surface area contributed by atoms with Crippen LogP contribution >= 0.6 is 22.9 Å². The lowest BCUT2D eigenvalue weighted by atomic mass is 9.98. The molecule has 3 heterocycles. The Morgan fingerprint density at radius 3 is 2.83 bits per heavy atom. The van der Waals surface area contributed by atoms with Gasteiger partial charge >= 0.3 is 0 Å². The number of hydrogen-bond donors (Lipinski definition) is 0. The van der Waals surface area contributed by atoms with Crippen molar-refractivity contribution >= 4 is 55.2 Å². The summed E-state index contributed by atoms with van der Waals surface area (Å²) < 4.78 is 12.6. The average molecular weight is 501 g/mol. The van der Waals surface area contributed by atoms with Gasteiger partial charge in [0, 0.05) is 5.02 Å². The standard InChI is InChI=1S/C27H17ClN2O4S/c1-2-12-33-17-7-5-6-15(13-17)23-22-24(31)18-8-3-4-9-20(18)34-25(22)26(32)30(23)27-29-19-11-10-16(28)14-21(19)35-27/h2-11,13-14,23H,1,12H2. The van der Waals surface area contributed by atoms with E-state index in [1.54, 1.807) is 36.4 Å². The average Bonchev–Trinajstić information content (AvgIpc) is 3.41. The topological polar surface area (TPSA) is 72.6 Å². The molecule has 5 aromatic rings. The maximum atomic E-state index is 13.8. The third kappa shape index (κ3) is 3.51. The number of benzene rings is 3. The summed E-state index contributed by atoms with van der Waals surface area (Å²) in [5, 5.41) is 1.45. The van der Waals surface area contributed by atoms with Gasteiger partial charge in [0.05, 0.1) is 27.2 Å². The van der Waals surface area contributed by atoms with Crippen LogP contribution in [0.25, 0.3) is 21.2 Å². The Morgan fingerprint density at radius 1 is 1.11 bits per heavy atom. The molecule has 1 atom stereocenters. The minimum atomic E-state index is -0.735. The number of thiazole rings is 1. The highest BCUT2D eigenvalue weighted by Crippen LogP contribution is 2.44. The summed E-state index contributed by atoms with van der Waals surface area (Å²) in [4.78, 5) is 33.7. The van der Waals surface area contributed by atoms with E-state index in [1.165, 1.54) is 16.2 Å². The molecule has 0 fully saturated rings. The first-order valence-corrected chi connectivity index (χ1v) is 12.0. The number of halogens is 1. The molecule has 6 nitrogen and oxygen atoms in total. The molecule has 2 aromatic heterocycles. The first kappa shape index (κ1) is 21.6. The predicted octanol–water partition coefficient (Wildman–Crippen LogP) is 6.37. The molecule has 1 unspecified atom stereocenters. The Bertz CT molecular complexity index is 1710. The number of rotatable bonds is 5. The second-order valence-electron chi connectivity index (χ2n) is 8.03. The summed E-state index contributed by atoms with van der Waals surface area (Å²) in [5.74, 6) is 0.202. The number of carbonyl (C=O) groups is 1. The van der Waals surface area contributed by atoms with Gasteiger partial charge in [0.2, 0.25) is 5.76 Å². The van der Waals surface area contributed by atoms with E-state index in [-0.39, 0.29) is 16.8 Å². The van der Waals surface area contributed by atoms with E-state index in [0.29, 0.717) is 44.6 Å². The van der Waals surface area contributed by atoms with Crippen LogP contribution in [0.15, 0.2) is 88.6 Å². The van der Waals surface area contributed by atoms with Gasteiger partial charge in [-0.2, -0.15) is 0 Å². The molecule has 8 heteroatoms. The van der Waals surface area contributed by atoms with Gasteiger partial charge in [0.1, 0.15) is 17.9 Å². The fourth-order valence-corrected chi connectivity index (χ4v) is 5.62. The quantitative estimate of drug-likeness (QED) is 0.262. The molecule has 0 saturated carbocycles. The van der Waals surface area contributed by atoms with E-state index < -0.39 is 11.9 Å². The molecule has 0 bridgehead atoms. The third-order valence-corrected chi connectivity index (χ3v) is 7.12. The van der Waals surface area contributed by atoms with Gasteiger partial charge in [-0.1, -0.05) is 59.9 Å². The number of amides is 1. The van der Waals surface area contributed by atoms with Crippen molar-refractivity contribution in [3.8, 4) is 5.75 Å². The van der Waals surface area contributed by atoms with Crippen LogP contribution in [-0.2, 0) is 0 Å². The molecular formula is C27H17ClN2O4S. The number of para-hydroxylation sites is 1. The monoisotopic (exact) mass is 500 g/mol. The van der Waals surface area contributed by atoms with E-state index in [2.05, 4.69) is 6.58 Å². The van der Waals surface area contributed by atoms with Gasteiger partial charge in [-0.15, -0.1) is 0 Å². The maximum absolute atomic E-state index is 13.8. The molecule has 1 aliphatic heterocycles. The van der Waals surface area contributed by atoms with Crippen LogP contribution in [0.2, 0.25) is 5.02 Å². The molecule has 1 amide bonds. The molecule has 0 N–H and O–H groups in total. The Morgan fingerprint density at radius 2 is 1.97 bits per heavy atom. The summed E-state index contributed by atoms with van der Waals surface area (Å²) >= 11 is 7.51. The van der Waals surface area contributed by atoms with Gasteiger partial charge in [-0.25, -0.2) is 4.98 Å². The van der Waals surface area contributed by atoms with Crippen molar-refractivity contribution in [3.05, 3.63) is 112 Å². The van der Waals surface area contributed by atoms with E-state index in [9.17, 15) is 9.59 Å². The zero-order valence-electron chi connectivity index (χ0n) is 18.2. The van der Waals surface area contributed by atoms with Crippen molar-refractivity contribution in [2.45, 2.75) is 6.04 Å². The molecule has 0 radical (unpaired) electrons. The lowest BCUT2D eigenvalue weighted by molar-refractivity contribution is 0.0971. The van der Waals surface area contributed by atoms with E-state index >= 15 is 0 Å². The van der Waals surface area contributed by atoms with Crippen LogP contribution in [0.4, 0.5) is 5.13 Å². The van der Waals surface area contributed by atoms with Crippen LogP contribution in [0.1, 0.15) is 27.7 Å². The molecule has 6 rings (SSSR count). The van der Waals surface area contributed by atoms with Crippen LogP contribution in [-0.4, -0.2) is 17.5 Å². The van der Waals surface area contributed by atoms with Crippen molar-refractivity contribution in [1.82, 2.24) is 4.98 Å². The Balaban J connectivity index is 1.60. The van der Waals surface area contributed by atoms with Crippen molar-refractivity contribution in [2.24, 2.45) is 0 Å². The second-order valence-corrected chi connectivity index (χ2v) is 9.47. The molecule has 35 heavy (non-hydrogen) atoms. The fourth-order valence-electron chi connectivity index (χ4n) is 4.35. The number of hydrogen-bond acceptors (Lipinski definition) is 6. The minimum absolute atomic E-state index is 0.0217. The zero-order chi connectivity index (χ0) is 24.1. The van der Waals surface area contributed by atoms with Gasteiger partial charge in [-0.3, -0.25) is 14.5 Å². The van der Waals surface area contributed by atoms with Crippen LogP contribution < -0.4 is 15.1 Å². The molecule has 0 aliphatic carbocycles. The Kier molecular flexibility index (Phi) is 5.16. The smallest absolute Gasteiger partial charge is 0.297 e. The highest BCUT2D eigenvalue weighted by Gasteiger charge is 2.45. The van der Waals surface area contributed by atoms with Crippen molar-refractivity contribution in [3.63, 3.8) is 0 Å². The number of anilines is 1. The number of ether oxygens (including phenoxy) is 1. The molecular weight excluding hydrogens is 484 g/mol. The fraction of sp³-hybridized carbons (Fsp3) is 0.0741. The van der Waals surface area contributed by atoms with Gasteiger partial charge in [-0.05, 0) is 48.0 Å². The van der Waals surface area contributed by atoms with Gasteiger partial charge < -0.3 is 9.15 Å². The van der Waals surface area contributed by atoms with Crippen molar-refractivity contribution in [2.75, 3.05) is 11.5 Å². The second kappa shape index (κ2) is 8.37. The van der Waals surface area contributed by atoms with Gasteiger partial charge in [0.15, 0.2) is 10.6 Å². The zero-order valence-corrected chi connectivity index (χ0v) is 19.8. The summed E-state index contributed by atoms with van der Waals surface area (Å²) in [6.07, 6.45) is 1.65. The van der Waals surface area contributed by atoms with Crippen LogP contribution in [0, 0.1) is 0 Å². The summed E-state index contributed by atoms with van der Waals surface area (Å²) in [6, 6.07) is 18.9. The largest absolute Gasteiger partial charge is 0.490 e. The third-order valence-electron chi connectivity index (χ3n) is 5.86. The van der Waals surface area contributed by atoms with Crippen molar-refractivity contribution in [1.29, 1.82) is 0 Å². The molecule has 0 saturated heterocycles. The lowest BCUT2D eigenvalue weighted by Gasteiger charge is -2.23. The predicted molar refractivity (Wildman–Crippen MR) is 138 cm³/mol. The van der Waals surface area contributed by atoms with E-state index in [4.69, 9.17) is 25.7 Å². The Labute approximate surface area is 208 Å². The highest BCUT2D eigenvalue weighted by molar-refractivity contribution is 7.22. The normalized spacial score (nSPS) is 15.1. The first-order valence-electron chi connectivity index (χ1n) is 10.8. The number of fused-ring (bicyclic) bond motifs is 3. The summed E-state index contributed by atoms with van der Waals surface area (Å²) in [5.41, 5.74) is 1.82.